The Balaban J connectivity index is 2.01. The van der Waals surface area contributed by atoms with Crippen molar-refractivity contribution >= 4 is 34.5 Å². The lowest BCUT2D eigenvalue weighted by atomic mass is 10.3. The van der Waals surface area contributed by atoms with Gasteiger partial charge in [0.2, 0.25) is 0 Å². The number of hydrogen-bond acceptors (Lipinski definition) is 4. The molecule has 0 radical (unpaired) electrons. The highest BCUT2D eigenvalue weighted by molar-refractivity contribution is 7.98. The van der Waals surface area contributed by atoms with Gasteiger partial charge in [-0.25, -0.2) is 9.78 Å². The number of unbranched alkanes of at least 4 members (excludes halogenated alkanes) is 1. The smallest absolute Gasteiger partial charge is 0.325 e. The van der Waals surface area contributed by atoms with Crippen LogP contribution < -0.4 is 11.2 Å². The highest BCUT2D eigenvalue weighted by Gasteiger charge is 2.16. The number of H-pyrrole nitrogens is 1. The van der Waals surface area contributed by atoms with Gasteiger partial charge in [-0.05, 0) is 18.6 Å². The van der Waals surface area contributed by atoms with Crippen LogP contribution in [0.3, 0.4) is 0 Å². The molecule has 0 aliphatic carbocycles. The molecule has 132 valence electrons. The molecule has 0 fully saturated rings. The molecule has 0 aliphatic rings. The molecule has 0 saturated carbocycles. The van der Waals surface area contributed by atoms with E-state index >= 15 is 0 Å². The number of imidazole rings is 1. The normalized spacial score (nSPS) is 11.3. The number of rotatable bonds is 6. The van der Waals surface area contributed by atoms with Gasteiger partial charge in [-0.1, -0.05) is 37.1 Å². The molecule has 0 bridgehead atoms. The first-order valence-corrected chi connectivity index (χ1v) is 9.45. The summed E-state index contributed by atoms with van der Waals surface area (Å²) in [6, 6.07) is 7.59. The average molecular weight is 379 g/mol. The first-order chi connectivity index (χ1) is 12.0. The minimum atomic E-state index is -0.408. The van der Waals surface area contributed by atoms with Crippen molar-refractivity contribution < 1.29 is 0 Å². The number of aryl methyl sites for hydroxylation is 2. The summed E-state index contributed by atoms with van der Waals surface area (Å²) in [6.07, 6.45) is 1.80. The van der Waals surface area contributed by atoms with Crippen molar-refractivity contribution in [3.05, 3.63) is 56.0 Å². The van der Waals surface area contributed by atoms with E-state index in [1.165, 1.54) is 0 Å². The molecule has 0 spiro atoms. The molecule has 3 aromatic rings. The van der Waals surface area contributed by atoms with Gasteiger partial charge in [0.05, 0.1) is 10.8 Å². The minimum absolute atomic E-state index is 0.406. The highest BCUT2D eigenvalue weighted by atomic mass is 35.5. The predicted octanol–water partition coefficient (Wildman–Crippen LogP) is 3.17. The summed E-state index contributed by atoms with van der Waals surface area (Å²) >= 11 is 7.74. The Morgan fingerprint density at radius 1 is 1.28 bits per heavy atom. The molecular formula is C17H19ClN4O2S. The summed E-state index contributed by atoms with van der Waals surface area (Å²) in [5.74, 6) is 1.28. The summed E-state index contributed by atoms with van der Waals surface area (Å²) in [5.41, 5.74) is 0.0519. The Bertz CT molecular complexity index is 1020. The van der Waals surface area contributed by atoms with Gasteiger partial charge >= 0.3 is 5.69 Å². The fourth-order valence-corrected chi connectivity index (χ4v) is 3.87. The van der Waals surface area contributed by atoms with E-state index in [0.29, 0.717) is 28.5 Å². The van der Waals surface area contributed by atoms with Crippen LogP contribution in [-0.4, -0.2) is 19.1 Å². The quantitative estimate of drug-likeness (QED) is 0.668. The minimum Gasteiger partial charge on any atom is -0.325 e. The van der Waals surface area contributed by atoms with Crippen LogP contribution in [0.5, 0.6) is 0 Å². The fraction of sp³-hybridized carbons (Fsp3) is 0.353. The van der Waals surface area contributed by atoms with Gasteiger partial charge in [0.25, 0.3) is 5.56 Å². The number of halogens is 1. The van der Waals surface area contributed by atoms with Crippen LogP contribution in [0.2, 0.25) is 5.02 Å². The van der Waals surface area contributed by atoms with Gasteiger partial charge in [0, 0.05) is 18.5 Å². The second-order valence-corrected chi connectivity index (χ2v) is 7.17. The van der Waals surface area contributed by atoms with Crippen molar-refractivity contribution in [3.63, 3.8) is 0 Å². The van der Waals surface area contributed by atoms with E-state index in [1.54, 1.807) is 27.9 Å². The zero-order valence-electron chi connectivity index (χ0n) is 14.1. The molecule has 0 unspecified atom stereocenters. The van der Waals surface area contributed by atoms with Gasteiger partial charge in [0.1, 0.15) is 5.82 Å². The number of nitrogens with zero attached hydrogens (tertiary/aromatic N) is 3. The topological polar surface area (TPSA) is 72.7 Å². The lowest BCUT2D eigenvalue weighted by Gasteiger charge is -2.04. The van der Waals surface area contributed by atoms with E-state index in [-0.39, 0.29) is 0 Å². The lowest BCUT2D eigenvalue weighted by Crippen LogP contribution is -2.31. The Morgan fingerprint density at radius 2 is 2.04 bits per heavy atom. The summed E-state index contributed by atoms with van der Waals surface area (Å²) in [5, 5.41) is 0.684. The Hall–Kier alpha value is -1.99. The molecule has 8 heteroatoms. The third-order valence-corrected chi connectivity index (χ3v) is 5.55. The van der Waals surface area contributed by atoms with Crippen molar-refractivity contribution in [1.29, 1.82) is 0 Å². The number of aromatic nitrogens is 4. The highest BCUT2D eigenvalue weighted by Crippen LogP contribution is 2.29. The lowest BCUT2D eigenvalue weighted by molar-refractivity contribution is 0.613. The molecule has 3 rings (SSSR count). The van der Waals surface area contributed by atoms with Gasteiger partial charge in [0.15, 0.2) is 11.2 Å². The Labute approximate surface area is 153 Å². The number of aromatic amines is 1. The van der Waals surface area contributed by atoms with Crippen LogP contribution in [0, 0.1) is 0 Å². The molecule has 25 heavy (non-hydrogen) atoms. The van der Waals surface area contributed by atoms with Gasteiger partial charge in [-0.3, -0.25) is 14.3 Å². The van der Waals surface area contributed by atoms with Crippen LogP contribution in [-0.2, 0) is 19.3 Å². The molecule has 2 aromatic heterocycles. The summed E-state index contributed by atoms with van der Waals surface area (Å²) in [6.45, 7) is 2.59. The predicted molar refractivity (Wildman–Crippen MR) is 102 cm³/mol. The molecule has 1 N–H and O–H groups in total. The maximum Gasteiger partial charge on any atom is 0.330 e. The van der Waals surface area contributed by atoms with Crippen molar-refractivity contribution in [1.82, 2.24) is 19.1 Å². The number of fused-ring (bicyclic) bond motifs is 1. The van der Waals surface area contributed by atoms with Crippen LogP contribution in [0.25, 0.3) is 11.2 Å². The first kappa shape index (κ1) is 17.8. The van der Waals surface area contributed by atoms with E-state index in [0.717, 1.165) is 23.6 Å². The number of benzene rings is 1. The summed E-state index contributed by atoms with van der Waals surface area (Å²) in [4.78, 5) is 32.3. The third kappa shape index (κ3) is 3.52. The molecule has 0 saturated heterocycles. The van der Waals surface area contributed by atoms with Crippen molar-refractivity contribution in [2.24, 2.45) is 7.05 Å². The Kier molecular flexibility index (Phi) is 5.34. The van der Waals surface area contributed by atoms with Gasteiger partial charge in [-0.2, -0.15) is 0 Å². The van der Waals surface area contributed by atoms with Crippen LogP contribution in [0.1, 0.15) is 25.6 Å². The molecule has 1 aromatic carbocycles. The molecule has 0 amide bonds. The SMILES string of the molecule is CCCCn1c(=O)[nH]c(=O)c2c1nc(CSc1ccccc1Cl)n2C. The van der Waals surface area contributed by atoms with Crippen molar-refractivity contribution in [3.8, 4) is 0 Å². The molecule has 0 aliphatic heterocycles. The average Bonchev–Trinajstić information content (AvgIpc) is 2.91. The van der Waals surface area contributed by atoms with Crippen molar-refractivity contribution in [2.45, 2.75) is 37.0 Å². The molecule has 0 atom stereocenters. The zero-order valence-corrected chi connectivity index (χ0v) is 15.7. The van der Waals surface area contributed by atoms with E-state index in [1.807, 2.05) is 24.3 Å². The Morgan fingerprint density at radius 3 is 2.76 bits per heavy atom. The maximum absolute atomic E-state index is 12.2. The van der Waals surface area contributed by atoms with Crippen molar-refractivity contribution in [2.75, 3.05) is 0 Å². The fourth-order valence-electron chi connectivity index (χ4n) is 2.65. The van der Waals surface area contributed by atoms with Gasteiger partial charge < -0.3 is 4.57 Å². The second kappa shape index (κ2) is 7.49. The van der Waals surface area contributed by atoms with E-state index in [4.69, 9.17) is 11.6 Å². The van der Waals surface area contributed by atoms with E-state index in [2.05, 4.69) is 16.9 Å². The number of nitrogens with one attached hydrogen (secondary N) is 1. The van der Waals surface area contributed by atoms with Crippen LogP contribution in [0.4, 0.5) is 0 Å². The zero-order chi connectivity index (χ0) is 18.0. The number of thioether (sulfide) groups is 1. The molecular weight excluding hydrogens is 360 g/mol. The van der Waals surface area contributed by atoms with Crippen LogP contribution in [0.15, 0.2) is 38.8 Å². The third-order valence-electron chi connectivity index (χ3n) is 4.03. The van der Waals surface area contributed by atoms with Crippen LogP contribution >= 0.6 is 23.4 Å². The van der Waals surface area contributed by atoms with Gasteiger partial charge in [-0.15, -0.1) is 11.8 Å². The molecule has 2 heterocycles. The van der Waals surface area contributed by atoms with E-state index < -0.39 is 11.2 Å². The second-order valence-electron chi connectivity index (χ2n) is 5.74. The van der Waals surface area contributed by atoms with E-state index in [9.17, 15) is 9.59 Å². The monoisotopic (exact) mass is 378 g/mol. The summed E-state index contributed by atoms with van der Waals surface area (Å²) < 4.78 is 3.30. The largest absolute Gasteiger partial charge is 0.330 e. The summed E-state index contributed by atoms with van der Waals surface area (Å²) in [7, 11) is 1.79. The first-order valence-electron chi connectivity index (χ1n) is 8.08. The standard InChI is InChI=1S/C17H19ClN4O2S/c1-3-4-9-22-15-14(16(23)20-17(22)24)21(2)13(19-15)10-25-12-8-6-5-7-11(12)18/h5-8H,3-4,9-10H2,1-2H3,(H,20,23,24). The number of hydrogen-bond donors (Lipinski definition) is 1. The molecule has 6 nitrogen and oxygen atoms in total. The maximum atomic E-state index is 12.2.